The molecule has 5 heterocycles. The summed E-state index contributed by atoms with van der Waals surface area (Å²) < 4.78 is 11.5. The average Bonchev–Trinajstić information content (AvgIpc) is 3.94. The number of rotatable bonds is 2. The molecule has 0 bridgehead atoms. The number of benzene rings is 8. The molecule has 0 N–H and O–H groups in total. The van der Waals surface area contributed by atoms with E-state index in [0.29, 0.717) is 21.9 Å². The van der Waals surface area contributed by atoms with Crippen molar-refractivity contribution in [3.05, 3.63) is 168 Å². The fourth-order valence-corrected chi connectivity index (χ4v) is 9.59. The zero-order chi connectivity index (χ0) is 34.5. The lowest BCUT2D eigenvalue weighted by molar-refractivity contribution is 0.660. The van der Waals surface area contributed by atoms with Gasteiger partial charge < -0.3 is 13.2 Å². The Kier molecular flexibility index (Phi) is 4.98. The lowest BCUT2D eigenvalue weighted by Crippen LogP contribution is -2.02. The van der Waals surface area contributed by atoms with Crippen LogP contribution in [0.15, 0.2) is 167 Å². The van der Waals surface area contributed by atoms with Crippen molar-refractivity contribution in [1.82, 2.24) is 8.80 Å². The topological polar surface area (TPSA) is 39.0 Å². The van der Waals surface area contributed by atoms with Gasteiger partial charge in [-0.1, -0.05) is 109 Å². The normalized spacial score (nSPS) is 12.6. The summed E-state index contributed by atoms with van der Waals surface area (Å²) >= 11 is 0. The first-order valence-corrected chi connectivity index (χ1v) is 18.1. The van der Waals surface area contributed by atoms with E-state index in [1.165, 1.54) is 76.2 Å². The molecule has 0 unspecified atom stereocenters. The van der Waals surface area contributed by atoms with E-state index < -0.39 is 0 Å². The third-order valence-electron chi connectivity index (χ3n) is 11.8. The molecule has 4 nitrogen and oxygen atoms in total. The van der Waals surface area contributed by atoms with Gasteiger partial charge in [-0.3, -0.25) is 4.79 Å². The van der Waals surface area contributed by atoms with Crippen LogP contribution < -0.4 is 5.43 Å². The molecule has 13 aromatic rings. The van der Waals surface area contributed by atoms with Crippen molar-refractivity contribution < 1.29 is 4.42 Å². The van der Waals surface area contributed by atoms with Crippen LogP contribution in [-0.4, -0.2) is 8.80 Å². The van der Waals surface area contributed by atoms with Crippen LogP contribution in [0.1, 0.15) is 0 Å². The maximum absolute atomic E-state index is 14.1. The molecule has 0 aliphatic heterocycles. The van der Waals surface area contributed by atoms with Gasteiger partial charge in [-0.2, -0.15) is 0 Å². The van der Waals surface area contributed by atoms with Crippen molar-refractivity contribution >= 4 is 98.1 Å². The minimum absolute atomic E-state index is 0.0183. The largest absolute Gasteiger partial charge is 0.456 e. The quantitative estimate of drug-likeness (QED) is 0.171. The van der Waals surface area contributed by atoms with Crippen molar-refractivity contribution in [2.24, 2.45) is 0 Å². The number of fused-ring (bicyclic) bond motifs is 14. The van der Waals surface area contributed by atoms with Gasteiger partial charge in [0.2, 0.25) is 5.43 Å². The Morgan fingerprint density at radius 2 is 0.736 bits per heavy atom. The molecular weight excluding hydrogens is 649 g/mol. The van der Waals surface area contributed by atoms with Gasteiger partial charge in [0, 0.05) is 43.1 Å². The SMILES string of the molecule is O=c1c2ccc(-c3ccc4c5ccccc5n5c6ccccc6c3c45)cc2oc2cc(-c3ccc4c5ccccc5n5c6ccccc6c3c45)ccc12. The molecule has 0 saturated carbocycles. The highest BCUT2D eigenvalue weighted by Gasteiger charge is 2.22. The fourth-order valence-electron chi connectivity index (χ4n) is 9.59. The first-order valence-electron chi connectivity index (χ1n) is 18.1. The van der Waals surface area contributed by atoms with Crippen LogP contribution in [0.2, 0.25) is 0 Å². The van der Waals surface area contributed by atoms with Gasteiger partial charge in [0.15, 0.2) is 0 Å². The van der Waals surface area contributed by atoms with Crippen LogP contribution in [0.25, 0.3) is 120 Å². The van der Waals surface area contributed by atoms with Crippen LogP contribution in [-0.2, 0) is 0 Å². The lowest BCUT2D eigenvalue weighted by Gasteiger charge is -2.09. The predicted octanol–water partition coefficient (Wildman–Crippen LogP) is 12.6. The van der Waals surface area contributed by atoms with Gasteiger partial charge in [0.05, 0.1) is 43.9 Å². The number of nitrogens with zero attached hydrogens (tertiary/aromatic N) is 2. The Morgan fingerprint density at radius 1 is 0.358 bits per heavy atom. The Labute approximate surface area is 300 Å². The number of hydrogen-bond acceptors (Lipinski definition) is 2. The van der Waals surface area contributed by atoms with Crippen molar-refractivity contribution in [2.45, 2.75) is 0 Å². The summed E-state index contributed by atoms with van der Waals surface area (Å²) in [5.74, 6) is 0. The summed E-state index contributed by atoms with van der Waals surface area (Å²) in [6, 6.07) is 55.6. The van der Waals surface area contributed by atoms with Crippen LogP contribution in [0, 0.1) is 0 Å². The molecular formula is C49H26N2O2. The molecule has 0 fully saturated rings. The average molecular weight is 675 g/mol. The van der Waals surface area contributed by atoms with Crippen LogP contribution >= 0.6 is 0 Å². The molecule has 0 spiro atoms. The maximum atomic E-state index is 14.1. The van der Waals surface area contributed by atoms with E-state index >= 15 is 0 Å². The van der Waals surface area contributed by atoms with Gasteiger partial charge >= 0.3 is 0 Å². The van der Waals surface area contributed by atoms with Crippen molar-refractivity contribution in [3.8, 4) is 22.3 Å². The molecule has 0 radical (unpaired) electrons. The van der Waals surface area contributed by atoms with E-state index in [9.17, 15) is 4.79 Å². The summed E-state index contributed by atoms with van der Waals surface area (Å²) in [4.78, 5) is 14.1. The van der Waals surface area contributed by atoms with Gasteiger partial charge in [-0.15, -0.1) is 0 Å². The summed E-state index contributed by atoms with van der Waals surface area (Å²) in [5, 5.41) is 11.0. The summed E-state index contributed by atoms with van der Waals surface area (Å²) in [6.07, 6.45) is 0. The van der Waals surface area contributed by atoms with E-state index in [0.717, 1.165) is 22.3 Å². The van der Waals surface area contributed by atoms with Crippen molar-refractivity contribution in [1.29, 1.82) is 0 Å². The van der Waals surface area contributed by atoms with E-state index in [1.807, 2.05) is 12.1 Å². The van der Waals surface area contributed by atoms with Crippen molar-refractivity contribution in [2.75, 3.05) is 0 Å². The third kappa shape index (κ3) is 3.34. The minimum Gasteiger partial charge on any atom is -0.456 e. The lowest BCUT2D eigenvalue weighted by atomic mass is 9.95. The van der Waals surface area contributed by atoms with Gasteiger partial charge in [0.25, 0.3) is 0 Å². The van der Waals surface area contributed by atoms with Crippen LogP contribution in [0.4, 0.5) is 0 Å². The Hall–Kier alpha value is -7.17. The van der Waals surface area contributed by atoms with Gasteiger partial charge in [-0.05, 0) is 70.8 Å². The van der Waals surface area contributed by atoms with Crippen LogP contribution in [0.5, 0.6) is 0 Å². The van der Waals surface area contributed by atoms with E-state index in [1.54, 1.807) is 0 Å². The van der Waals surface area contributed by atoms with E-state index in [2.05, 4.69) is 154 Å². The summed E-state index contributed by atoms with van der Waals surface area (Å²) in [5.41, 5.74) is 12.7. The molecule has 0 aliphatic carbocycles. The van der Waals surface area contributed by atoms with Crippen LogP contribution in [0.3, 0.4) is 0 Å². The highest BCUT2D eigenvalue weighted by molar-refractivity contribution is 6.28. The molecule has 0 aliphatic rings. The predicted molar refractivity (Wildman–Crippen MR) is 220 cm³/mol. The first-order chi connectivity index (χ1) is 26.2. The van der Waals surface area contributed by atoms with E-state index in [4.69, 9.17) is 4.42 Å². The Morgan fingerprint density at radius 3 is 1.19 bits per heavy atom. The van der Waals surface area contributed by atoms with E-state index in [-0.39, 0.29) is 5.43 Å². The summed E-state index contributed by atoms with van der Waals surface area (Å²) in [6.45, 7) is 0. The molecule has 0 atom stereocenters. The fraction of sp³-hybridized carbons (Fsp3) is 0. The molecule has 244 valence electrons. The second kappa shape index (κ2) is 9.58. The zero-order valence-corrected chi connectivity index (χ0v) is 28.2. The highest BCUT2D eigenvalue weighted by Crippen LogP contribution is 2.46. The second-order valence-corrected chi connectivity index (χ2v) is 14.4. The molecule has 5 aromatic heterocycles. The third-order valence-corrected chi connectivity index (χ3v) is 11.8. The number of aromatic nitrogens is 2. The Balaban J connectivity index is 1.05. The van der Waals surface area contributed by atoms with Gasteiger partial charge in [-0.25, -0.2) is 0 Å². The molecule has 8 aromatic carbocycles. The monoisotopic (exact) mass is 674 g/mol. The molecule has 4 heteroatoms. The Bertz CT molecular complexity index is 3520. The smallest absolute Gasteiger partial charge is 0.200 e. The zero-order valence-electron chi connectivity index (χ0n) is 28.2. The maximum Gasteiger partial charge on any atom is 0.200 e. The first kappa shape index (κ1) is 27.5. The standard InChI is InChI=1S/C49H26N2O2/c52-49-37-19-17-27(29-21-23-33-31-9-1-5-13-39(31)50-41-15-7-3-11-35(41)45(29)47(33)50)25-43(37)53-44-26-28(18-20-38(44)49)30-22-24-34-32-10-2-6-14-40(32)51-42-16-8-4-12-36(42)46(30)48(34)51/h1-26H. The van der Waals surface area contributed by atoms with Crippen molar-refractivity contribution in [3.63, 3.8) is 0 Å². The number of para-hydroxylation sites is 4. The highest BCUT2D eigenvalue weighted by atomic mass is 16.3. The summed E-state index contributed by atoms with van der Waals surface area (Å²) in [7, 11) is 0. The minimum atomic E-state index is -0.0183. The molecule has 13 rings (SSSR count). The number of hydrogen-bond donors (Lipinski definition) is 0. The molecule has 0 saturated heterocycles. The molecule has 53 heavy (non-hydrogen) atoms. The molecule has 0 amide bonds. The second-order valence-electron chi connectivity index (χ2n) is 14.4. The van der Waals surface area contributed by atoms with Gasteiger partial charge in [0.1, 0.15) is 11.2 Å².